The molecular weight excluding hydrogens is 292 g/mol. The lowest BCUT2D eigenvalue weighted by Crippen LogP contribution is -1.98. The topological polar surface area (TPSA) is 64.7 Å². The molecule has 0 amide bonds. The zero-order valence-corrected chi connectivity index (χ0v) is 10.9. The van der Waals surface area contributed by atoms with Crippen LogP contribution in [0.4, 0.5) is 5.82 Å². The van der Waals surface area contributed by atoms with Gasteiger partial charge in [-0.1, -0.05) is 6.07 Å². The van der Waals surface area contributed by atoms with Crippen LogP contribution in [0.2, 0.25) is 0 Å². The summed E-state index contributed by atoms with van der Waals surface area (Å²) < 4.78 is 0.902. The third-order valence-electron chi connectivity index (χ3n) is 2.63. The molecule has 0 saturated heterocycles. The fourth-order valence-corrected chi connectivity index (χ4v) is 2.22. The summed E-state index contributed by atoms with van der Waals surface area (Å²) in [6, 6.07) is 9.50. The lowest BCUT2D eigenvalue weighted by molar-refractivity contribution is 1.21. The summed E-state index contributed by atoms with van der Waals surface area (Å²) in [6.45, 7) is 0. The van der Waals surface area contributed by atoms with E-state index in [0.717, 1.165) is 20.9 Å². The molecule has 0 aliphatic heterocycles. The maximum Gasteiger partial charge on any atom is 0.163 e. The molecule has 2 aromatic heterocycles. The Kier molecular flexibility index (Phi) is 2.68. The Balaban J connectivity index is 2.31. The summed E-state index contributed by atoms with van der Waals surface area (Å²) in [5.41, 5.74) is 7.63. The lowest BCUT2D eigenvalue weighted by atomic mass is 10.2. The molecule has 0 aliphatic rings. The lowest BCUT2D eigenvalue weighted by Gasteiger charge is -2.06. The Labute approximate surface area is 112 Å². The predicted molar refractivity (Wildman–Crippen MR) is 74.9 cm³/mol. The van der Waals surface area contributed by atoms with Gasteiger partial charge in [0.25, 0.3) is 0 Å². The molecule has 0 aliphatic carbocycles. The van der Waals surface area contributed by atoms with Crippen molar-refractivity contribution >= 4 is 32.7 Å². The summed E-state index contributed by atoms with van der Waals surface area (Å²) in [4.78, 5) is 12.9. The van der Waals surface area contributed by atoms with Crippen LogP contribution in [0.3, 0.4) is 0 Å². The van der Waals surface area contributed by atoms with Crippen molar-refractivity contribution in [3.8, 4) is 11.4 Å². The quantitative estimate of drug-likeness (QED) is 0.750. The molecule has 1 aromatic carbocycles. The van der Waals surface area contributed by atoms with Gasteiger partial charge in [-0.15, -0.1) is 0 Å². The summed E-state index contributed by atoms with van der Waals surface area (Å²) >= 11 is 3.48. The van der Waals surface area contributed by atoms with Gasteiger partial charge in [-0.25, -0.2) is 9.97 Å². The first-order valence-electron chi connectivity index (χ1n) is 5.38. The highest BCUT2D eigenvalue weighted by Gasteiger charge is 2.09. The van der Waals surface area contributed by atoms with Crippen LogP contribution in [0, 0.1) is 0 Å². The summed E-state index contributed by atoms with van der Waals surface area (Å²) in [6.07, 6.45) is 3.43. The standard InChI is InChI=1S/C13H9BrN4/c14-10-5-1-4-9-11(10)17-13(18-12(9)15)8-3-2-6-16-7-8/h1-7H,(H2,15,17,18). The zero-order chi connectivity index (χ0) is 12.5. The van der Waals surface area contributed by atoms with E-state index in [1.54, 1.807) is 12.4 Å². The Bertz CT molecular complexity index is 713. The number of nitrogens with zero attached hydrogens (tertiary/aromatic N) is 3. The molecule has 0 spiro atoms. The Morgan fingerprint density at radius 1 is 1.06 bits per heavy atom. The Morgan fingerprint density at radius 3 is 2.72 bits per heavy atom. The van der Waals surface area contributed by atoms with E-state index in [1.807, 2.05) is 30.3 Å². The monoisotopic (exact) mass is 300 g/mol. The van der Waals surface area contributed by atoms with Crippen molar-refractivity contribution in [1.82, 2.24) is 15.0 Å². The predicted octanol–water partition coefficient (Wildman–Crippen LogP) is 3.04. The highest BCUT2D eigenvalue weighted by molar-refractivity contribution is 9.10. The van der Waals surface area contributed by atoms with Crippen molar-refractivity contribution in [2.75, 3.05) is 5.73 Å². The van der Waals surface area contributed by atoms with Gasteiger partial charge < -0.3 is 5.73 Å². The average Bonchev–Trinajstić information content (AvgIpc) is 2.41. The third kappa shape index (κ3) is 1.82. The molecule has 0 bridgehead atoms. The molecule has 0 fully saturated rings. The van der Waals surface area contributed by atoms with Crippen molar-refractivity contribution in [3.05, 3.63) is 47.2 Å². The van der Waals surface area contributed by atoms with Gasteiger partial charge in [0.2, 0.25) is 0 Å². The van der Waals surface area contributed by atoms with Crippen LogP contribution in [0.25, 0.3) is 22.3 Å². The molecule has 4 nitrogen and oxygen atoms in total. The highest BCUT2D eigenvalue weighted by atomic mass is 79.9. The molecule has 3 aromatic rings. The first-order chi connectivity index (χ1) is 8.75. The van der Waals surface area contributed by atoms with E-state index < -0.39 is 0 Å². The highest BCUT2D eigenvalue weighted by Crippen LogP contribution is 2.27. The van der Waals surface area contributed by atoms with Gasteiger partial charge in [-0.2, -0.15) is 0 Å². The van der Waals surface area contributed by atoms with Crippen LogP contribution < -0.4 is 5.73 Å². The summed E-state index contributed by atoms with van der Waals surface area (Å²) in [5, 5.41) is 0.844. The minimum atomic E-state index is 0.472. The van der Waals surface area contributed by atoms with Crippen LogP contribution in [0.5, 0.6) is 0 Å². The van der Waals surface area contributed by atoms with Crippen molar-refractivity contribution in [2.45, 2.75) is 0 Å². The van der Waals surface area contributed by atoms with E-state index >= 15 is 0 Å². The van der Waals surface area contributed by atoms with E-state index in [9.17, 15) is 0 Å². The van der Waals surface area contributed by atoms with Crippen LogP contribution in [0.15, 0.2) is 47.2 Å². The van der Waals surface area contributed by atoms with E-state index in [2.05, 4.69) is 30.9 Å². The van der Waals surface area contributed by atoms with Crippen LogP contribution >= 0.6 is 15.9 Å². The fourth-order valence-electron chi connectivity index (χ4n) is 1.77. The van der Waals surface area contributed by atoms with Crippen LogP contribution in [-0.2, 0) is 0 Å². The van der Waals surface area contributed by atoms with Gasteiger partial charge in [0, 0.05) is 27.8 Å². The molecule has 3 rings (SSSR count). The number of aromatic nitrogens is 3. The number of nitrogen functional groups attached to an aromatic ring is 1. The Morgan fingerprint density at radius 2 is 1.94 bits per heavy atom. The molecule has 5 heteroatoms. The molecule has 2 heterocycles. The second-order valence-electron chi connectivity index (χ2n) is 3.81. The molecule has 18 heavy (non-hydrogen) atoms. The van der Waals surface area contributed by atoms with E-state index in [-0.39, 0.29) is 0 Å². The van der Waals surface area contributed by atoms with Gasteiger partial charge >= 0.3 is 0 Å². The number of nitrogens with two attached hydrogens (primary N) is 1. The molecule has 0 radical (unpaired) electrons. The number of benzene rings is 1. The van der Waals surface area contributed by atoms with Crippen molar-refractivity contribution < 1.29 is 0 Å². The number of hydrogen-bond donors (Lipinski definition) is 1. The minimum absolute atomic E-state index is 0.472. The van der Waals surface area contributed by atoms with E-state index in [1.165, 1.54) is 0 Å². The number of para-hydroxylation sites is 1. The van der Waals surface area contributed by atoms with Gasteiger partial charge in [-0.3, -0.25) is 4.98 Å². The molecular formula is C13H9BrN4. The maximum absolute atomic E-state index is 5.97. The van der Waals surface area contributed by atoms with Crippen molar-refractivity contribution in [1.29, 1.82) is 0 Å². The minimum Gasteiger partial charge on any atom is -0.383 e. The van der Waals surface area contributed by atoms with Crippen molar-refractivity contribution in [2.24, 2.45) is 0 Å². The normalized spacial score (nSPS) is 10.7. The van der Waals surface area contributed by atoms with E-state index in [4.69, 9.17) is 5.73 Å². The third-order valence-corrected chi connectivity index (χ3v) is 3.27. The zero-order valence-electron chi connectivity index (χ0n) is 9.34. The molecule has 2 N–H and O–H groups in total. The smallest absolute Gasteiger partial charge is 0.163 e. The maximum atomic E-state index is 5.97. The van der Waals surface area contributed by atoms with Crippen molar-refractivity contribution in [3.63, 3.8) is 0 Å². The molecule has 0 atom stereocenters. The summed E-state index contributed by atoms with van der Waals surface area (Å²) in [7, 11) is 0. The second kappa shape index (κ2) is 4.34. The molecule has 88 valence electrons. The second-order valence-corrected chi connectivity index (χ2v) is 4.66. The molecule has 0 saturated carbocycles. The SMILES string of the molecule is Nc1nc(-c2cccnc2)nc2c(Br)cccc12. The van der Waals surface area contributed by atoms with E-state index in [0.29, 0.717) is 11.6 Å². The number of pyridine rings is 1. The largest absolute Gasteiger partial charge is 0.383 e. The van der Waals surface area contributed by atoms with Crippen LogP contribution in [-0.4, -0.2) is 15.0 Å². The number of hydrogen-bond acceptors (Lipinski definition) is 4. The number of anilines is 1. The summed E-state index contributed by atoms with van der Waals surface area (Å²) in [5.74, 6) is 1.06. The first kappa shape index (κ1) is 11.1. The van der Waals surface area contributed by atoms with Gasteiger partial charge in [0.1, 0.15) is 5.82 Å². The Hall–Kier alpha value is -2.01. The number of rotatable bonds is 1. The van der Waals surface area contributed by atoms with Crippen LogP contribution in [0.1, 0.15) is 0 Å². The fraction of sp³-hybridized carbons (Fsp3) is 0. The average molecular weight is 301 g/mol. The first-order valence-corrected chi connectivity index (χ1v) is 6.17. The number of fused-ring (bicyclic) bond motifs is 1. The van der Waals surface area contributed by atoms with Gasteiger partial charge in [-0.05, 0) is 40.2 Å². The van der Waals surface area contributed by atoms with Gasteiger partial charge in [0.15, 0.2) is 5.82 Å². The molecule has 0 unspecified atom stereocenters. The number of halogens is 1. The van der Waals surface area contributed by atoms with Gasteiger partial charge in [0.05, 0.1) is 5.52 Å².